The molecule has 21 N–H and O–H groups in total. The SMILES string of the molecule is CC(=O)N[C@@H](CCCNC(=N)N)C(=O)N[C@H]1CCC(=O)NCCC[C@@H](C(N)=O)NC(=O)[C@H](Cc2c[nH]c3ccccc23)NC(=O)[C@H](CCCNC(=N)N)NC(=O)[C@@H](Cc2ccc(N)cc2)NC(=O)[C@H](C(C)C)NC1=O. The van der Waals surface area contributed by atoms with Gasteiger partial charge in [0.15, 0.2) is 11.9 Å². The summed E-state index contributed by atoms with van der Waals surface area (Å²) in [6.07, 6.45) is 1.37. The topological polar surface area (TPSA) is 441 Å². The fourth-order valence-corrected chi connectivity index (χ4v) is 8.26. The van der Waals surface area contributed by atoms with Crippen molar-refractivity contribution < 1.29 is 43.2 Å². The number of aromatic nitrogens is 1. The van der Waals surface area contributed by atoms with E-state index < -0.39 is 101 Å². The molecule has 0 radical (unpaired) electrons. The summed E-state index contributed by atoms with van der Waals surface area (Å²) >= 11 is 0. The van der Waals surface area contributed by atoms with Crippen molar-refractivity contribution in [2.75, 3.05) is 25.4 Å². The molecule has 2 aromatic carbocycles. The predicted octanol–water partition coefficient (Wildman–Crippen LogP) is -2.69. The van der Waals surface area contributed by atoms with Crippen LogP contribution in [0.3, 0.4) is 0 Å². The fraction of sp³-hybridized carbons (Fsp3) is 0.490. The number of carbonyl (C=O) groups is 9. The Morgan fingerprint density at radius 2 is 1.35 bits per heavy atom. The molecule has 408 valence electrons. The second kappa shape index (κ2) is 29.3. The molecule has 0 bridgehead atoms. The van der Waals surface area contributed by atoms with Crippen LogP contribution in [0.4, 0.5) is 5.69 Å². The molecule has 75 heavy (non-hydrogen) atoms. The lowest BCUT2D eigenvalue weighted by molar-refractivity contribution is -0.136. The average Bonchev–Trinajstić information content (AvgIpc) is 3.76. The Kier molecular flexibility index (Phi) is 23.1. The van der Waals surface area contributed by atoms with Crippen LogP contribution in [0.5, 0.6) is 0 Å². The number of anilines is 1. The van der Waals surface area contributed by atoms with Crippen molar-refractivity contribution in [2.45, 2.75) is 127 Å². The van der Waals surface area contributed by atoms with Crippen molar-refractivity contribution in [3.05, 3.63) is 65.9 Å². The Labute approximate surface area is 434 Å². The summed E-state index contributed by atoms with van der Waals surface area (Å²) in [7, 11) is 0. The van der Waals surface area contributed by atoms with Crippen LogP contribution in [0, 0.1) is 16.7 Å². The summed E-state index contributed by atoms with van der Waals surface area (Å²) in [5, 5.41) is 42.5. The summed E-state index contributed by atoms with van der Waals surface area (Å²) in [6, 6.07) is 4.40. The van der Waals surface area contributed by atoms with E-state index in [1.54, 1.807) is 50.4 Å². The first-order chi connectivity index (χ1) is 35.6. The minimum atomic E-state index is -1.46. The van der Waals surface area contributed by atoms with E-state index in [0.717, 1.165) is 10.9 Å². The van der Waals surface area contributed by atoms with E-state index in [0.29, 0.717) is 16.8 Å². The molecule has 2 heterocycles. The van der Waals surface area contributed by atoms with Crippen molar-refractivity contribution >= 4 is 81.7 Å². The molecule has 9 amide bonds. The van der Waals surface area contributed by atoms with Crippen molar-refractivity contribution in [3.63, 3.8) is 0 Å². The Morgan fingerprint density at radius 3 is 2.00 bits per heavy atom. The van der Waals surface area contributed by atoms with Gasteiger partial charge in [-0.1, -0.05) is 44.2 Å². The molecule has 0 aliphatic carbocycles. The molecule has 7 atom stereocenters. The third-order valence-electron chi connectivity index (χ3n) is 12.3. The van der Waals surface area contributed by atoms with Gasteiger partial charge in [-0.15, -0.1) is 0 Å². The number of primary amides is 1. The maximum Gasteiger partial charge on any atom is 0.243 e. The molecule has 0 spiro atoms. The molecular formula is C49H73N17O9. The first-order valence-corrected chi connectivity index (χ1v) is 24.8. The monoisotopic (exact) mass is 1040 g/mol. The second-order valence-corrected chi connectivity index (χ2v) is 18.7. The number of guanidine groups is 2. The highest BCUT2D eigenvalue weighted by Crippen LogP contribution is 2.20. The molecule has 26 heteroatoms. The zero-order valence-electron chi connectivity index (χ0n) is 42.5. The number of nitrogens with one attached hydrogen (secondary N) is 13. The van der Waals surface area contributed by atoms with Crippen molar-refractivity contribution in [1.29, 1.82) is 10.8 Å². The number of amides is 9. The molecule has 4 rings (SSSR count). The third-order valence-corrected chi connectivity index (χ3v) is 12.3. The molecule has 26 nitrogen and oxygen atoms in total. The normalized spacial score (nSPS) is 21.2. The van der Waals surface area contributed by atoms with Gasteiger partial charge in [-0.05, 0) is 80.2 Å². The third kappa shape index (κ3) is 19.8. The lowest BCUT2D eigenvalue weighted by atomic mass is 9.99. The van der Waals surface area contributed by atoms with E-state index in [4.69, 9.17) is 33.8 Å². The standard InChI is InChI=1S/C49H73N17O9/c1-26(2)40-47(75)65-37(23-28-14-16-30(50)17-15-28)45(73)62-35(13-8-22-58-49(54)55)43(71)64-38(24-29-25-59-32-10-5-4-9-31(29)32)46(74)61-33(41(51)69)11-6-20-56-39(68)19-18-36(44(72)66-40)63-42(70)34(60-27(3)67)12-7-21-57-48(52)53/h4-5,9-10,14-17,25-26,33-38,40,59H,6-8,11-13,18-24,50H2,1-3H3,(H2,51,69)(H,56,68)(H,60,67)(H,61,74)(H,62,73)(H,63,70)(H,64,71)(H,65,75)(H,66,72)(H4,52,53,57)(H4,54,55,58)/t33-,34-,35-,36-,37+,38-,40-/m0/s1. The van der Waals surface area contributed by atoms with Crippen molar-refractivity contribution in [2.24, 2.45) is 23.1 Å². The van der Waals surface area contributed by atoms with Gasteiger partial charge in [0.25, 0.3) is 0 Å². The van der Waals surface area contributed by atoms with Gasteiger partial charge in [-0.2, -0.15) is 0 Å². The van der Waals surface area contributed by atoms with Crippen LogP contribution in [0.25, 0.3) is 10.9 Å². The highest BCUT2D eigenvalue weighted by atomic mass is 16.2. The second-order valence-electron chi connectivity index (χ2n) is 18.7. The van der Waals surface area contributed by atoms with E-state index in [-0.39, 0.29) is 95.8 Å². The summed E-state index contributed by atoms with van der Waals surface area (Å²) < 4.78 is 0. The predicted molar refractivity (Wildman–Crippen MR) is 280 cm³/mol. The maximum atomic E-state index is 14.6. The lowest BCUT2D eigenvalue weighted by Crippen LogP contribution is -2.61. The largest absolute Gasteiger partial charge is 0.399 e. The van der Waals surface area contributed by atoms with Crippen LogP contribution >= 0.6 is 0 Å². The molecular weight excluding hydrogens is 971 g/mol. The van der Waals surface area contributed by atoms with Gasteiger partial charge in [-0.3, -0.25) is 54.0 Å². The van der Waals surface area contributed by atoms with Gasteiger partial charge < -0.3 is 81.1 Å². The first kappa shape index (κ1) is 59.1. The molecule has 3 aromatic rings. The Bertz CT molecular complexity index is 2520. The highest BCUT2D eigenvalue weighted by molar-refractivity contribution is 5.98. The molecule has 1 aliphatic heterocycles. The zero-order chi connectivity index (χ0) is 55.2. The van der Waals surface area contributed by atoms with Gasteiger partial charge in [-0.25, -0.2) is 0 Å². The van der Waals surface area contributed by atoms with E-state index in [9.17, 15) is 43.2 Å². The number of rotatable bonds is 17. The smallest absolute Gasteiger partial charge is 0.243 e. The number of fused-ring (bicyclic) bond motifs is 1. The summed E-state index contributed by atoms with van der Waals surface area (Å²) in [6.45, 7) is 4.77. The molecule has 0 unspecified atom stereocenters. The van der Waals surface area contributed by atoms with E-state index in [1.807, 2.05) is 18.2 Å². The number of para-hydroxylation sites is 1. The Balaban J connectivity index is 1.76. The molecule has 1 fully saturated rings. The van der Waals surface area contributed by atoms with Crippen LogP contribution < -0.4 is 76.1 Å². The Hall–Kier alpha value is -8.45. The van der Waals surface area contributed by atoms with Gasteiger partial charge in [0.2, 0.25) is 53.2 Å². The number of hydrogen-bond donors (Lipinski definition) is 17. The van der Waals surface area contributed by atoms with Crippen LogP contribution in [0.15, 0.2) is 54.7 Å². The van der Waals surface area contributed by atoms with E-state index >= 15 is 0 Å². The minimum Gasteiger partial charge on any atom is -0.399 e. The van der Waals surface area contributed by atoms with Crippen LogP contribution in [0.1, 0.15) is 83.3 Å². The van der Waals surface area contributed by atoms with Crippen LogP contribution in [-0.2, 0) is 56.0 Å². The molecule has 1 aliphatic rings. The quantitative estimate of drug-likeness (QED) is 0.0284. The maximum absolute atomic E-state index is 14.6. The average molecular weight is 1040 g/mol. The van der Waals surface area contributed by atoms with Crippen molar-refractivity contribution in [3.8, 4) is 0 Å². The minimum absolute atomic E-state index is 0.0108. The molecule has 1 aromatic heterocycles. The highest BCUT2D eigenvalue weighted by Gasteiger charge is 2.35. The number of hydrogen-bond acceptors (Lipinski definition) is 12. The summed E-state index contributed by atoms with van der Waals surface area (Å²) in [4.78, 5) is 127. The number of carbonyl (C=O) groups excluding carboxylic acids is 9. The van der Waals surface area contributed by atoms with E-state index in [1.165, 1.54) is 6.92 Å². The molecule has 0 saturated carbocycles. The summed E-state index contributed by atoms with van der Waals surface area (Å²) in [5.41, 5.74) is 25.0. The first-order valence-electron chi connectivity index (χ1n) is 24.8. The fourth-order valence-electron chi connectivity index (χ4n) is 8.26. The number of nitrogen functional groups attached to an aromatic ring is 1. The van der Waals surface area contributed by atoms with E-state index in [2.05, 4.69) is 58.2 Å². The number of aromatic amines is 1. The number of nitrogens with two attached hydrogens (primary N) is 4. The Morgan fingerprint density at radius 1 is 0.733 bits per heavy atom. The van der Waals surface area contributed by atoms with Crippen LogP contribution in [0.2, 0.25) is 0 Å². The molecule has 1 saturated heterocycles. The number of benzene rings is 2. The van der Waals surface area contributed by atoms with Gasteiger partial charge in [0, 0.05) is 68.6 Å². The van der Waals surface area contributed by atoms with Crippen molar-refractivity contribution in [1.82, 2.24) is 58.2 Å². The lowest BCUT2D eigenvalue weighted by Gasteiger charge is -2.29. The summed E-state index contributed by atoms with van der Waals surface area (Å²) in [5.74, 6) is -8.18. The zero-order valence-corrected chi connectivity index (χ0v) is 42.5. The van der Waals surface area contributed by atoms with Gasteiger partial charge in [0.05, 0.1) is 0 Å². The number of H-pyrrole nitrogens is 1. The van der Waals surface area contributed by atoms with Gasteiger partial charge >= 0.3 is 0 Å². The van der Waals surface area contributed by atoms with Crippen LogP contribution in [-0.4, -0.2) is 132 Å². The van der Waals surface area contributed by atoms with Gasteiger partial charge in [0.1, 0.15) is 42.3 Å².